The molecule has 4 rings (SSSR count). The van der Waals surface area contributed by atoms with Gasteiger partial charge in [0.05, 0.1) is 23.8 Å². The van der Waals surface area contributed by atoms with E-state index in [2.05, 4.69) is 21.2 Å². The number of carbonyl (C=O) groups is 3. The first-order valence-electron chi connectivity index (χ1n) is 10.2. The van der Waals surface area contributed by atoms with Crippen LogP contribution in [-0.4, -0.2) is 46.9 Å². The van der Waals surface area contributed by atoms with Crippen molar-refractivity contribution in [1.82, 2.24) is 4.90 Å². The zero-order chi connectivity index (χ0) is 22.2. The normalized spacial score (nSPS) is 21.4. The number of imide groups is 1. The minimum absolute atomic E-state index is 0.128. The molecule has 0 unspecified atom stereocenters. The fraction of sp³-hybridized carbons (Fsp3) is 0.348. The molecule has 7 nitrogen and oxygen atoms in total. The Morgan fingerprint density at radius 1 is 1.06 bits per heavy atom. The monoisotopic (exact) mass is 485 g/mol. The average Bonchev–Trinajstić information content (AvgIpc) is 3.03. The summed E-state index contributed by atoms with van der Waals surface area (Å²) in [6.07, 6.45) is 1.12. The summed E-state index contributed by atoms with van der Waals surface area (Å²) >= 11 is 3.41. The molecule has 2 aliphatic heterocycles. The van der Waals surface area contributed by atoms with E-state index in [1.54, 1.807) is 24.3 Å². The maximum atomic E-state index is 13.1. The Labute approximate surface area is 189 Å². The van der Waals surface area contributed by atoms with Gasteiger partial charge in [-0.15, -0.1) is 0 Å². The SMILES string of the molecule is CC(=O)Nc1ccc(N2C(=O)C[C@@H](N3CCC(O)(c4ccc(Br)cc4)CC3)C2=O)cc1. The molecule has 2 aliphatic rings. The lowest BCUT2D eigenvalue weighted by atomic mass is 9.84. The van der Waals surface area contributed by atoms with Crippen molar-refractivity contribution in [2.24, 2.45) is 0 Å². The standard InChI is InChI=1S/C23H24BrN3O4/c1-15(28)25-18-6-8-19(9-7-18)27-21(29)14-20(22(27)30)26-12-10-23(31,11-13-26)16-2-4-17(24)5-3-16/h2-9,20,31H,10-14H2,1H3,(H,25,28)/t20-/m1/s1. The zero-order valence-corrected chi connectivity index (χ0v) is 18.8. The van der Waals surface area contributed by atoms with E-state index < -0.39 is 11.6 Å². The first kappa shape index (κ1) is 21.7. The molecule has 31 heavy (non-hydrogen) atoms. The summed E-state index contributed by atoms with van der Waals surface area (Å²) in [5, 5.41) is 13.8. The van der Waals surface area contributed by atoms with Crippen molar-refractivity contribution in [2.75, 3.05) is 23.3 Å². The Morgan fingerprint density at radius 3 is 2.26 bits per heavy atom. The van der Waals surface area contributed by atoms with Crippen LogP contribution in [0.2, 0.25) is 0 Å². The van der Waals surface area contributed by atoms with Crippen LogP contribution in [0.1, 0.15) is 31.7 Å². The van der Waals surface area contributed by atoms with Crippen molar-refractivity contribution in [2.45, 2.75) is 37.8 Å². The quantitative estimate of drug-likeness (QED) is 0.649. The number of rotatable bonds is 4. The fourth-order valence-corrected chi connectivity index (χ4v) is 4.59. The summed E-state index contributed by atoms with van der Waals surface area (Å²) in [6.45, 7) is 2.49. The highest BCUT2D eigenvalue weighted by molar-refractivity contribution is 9.10. The summed E-state index contributed by atoms with van der Waals surface area (Å²) in [5.41, 5.74) is 1.04. The predicted octanol–water partition coefficient (Wildman–Crippen LogP) is 3.02. The Balaban J connectivity index is 1.43. The smallest absolute Gasteiger partial charge is 0.251 e. The van der Waals surface area contributed by atoms with Gasteiger partial charge in [-0.25, -0.2) is 4.90 Å². The summed E-state index contributed by atoms with van der Waals surface area (Å²) < 4.78 is 0.956. The van der Waals surface area contributed by atoms with Crippen LogP contribution >= 0.6 is 15.9 Å². The van der Waals surface area contributed by atoms with Crippen LogP contribution in [0.15, 0.2) is 53.0 Å². The highest BCUT2D eigenvalue weighted by atomic mass is 79.9. The highest BCUT2D eigenvalue weighted by Gasteiger charge is 2.45. The molecule has 0 aromatic heterocycles. The van der Waals surface area contributed by atoms with E-state index in [9.17, 15) is 19.5 Å². The van der Waals surface area contributed by atoms with Gasteiger partial charge in [0, 0.05) is 30.2 Å². The highest BCUT2D eigenvalue weighted by Crippen LogP contribution is 2.36. The molecule has 0 aliphatic carbocycles. The minimum atomic E-state index is -0.928. The number of hydrogen-bond donors (Lipinski definition) is 2. The maximum Gasteiger partial charge on any atom is 0.251 e. The third-order valence-electron chi connectivity index (χ3n) is 6.02. The van der Waals surface area contributed by atoms with E-state index in [0.717, 1.165) is 10.0 Å². The Hall–Kier alpha value is -2.55. The molecule has 2 N–H and O–H groups in total. The molecule has 0 radical (unpaired) electrons. The second-order valence-electron chi connectivity index (χ2n) is 8.09. The van der Waals surface area contributed by atoms with Crippen molar-refractivity contribution < 1.29 is 19.5 Å². The topological polar surface area (TPSA) is 90.0 Å². The van der Waals surface area contributed by atoms with Gasteiger partial charge in [0.1, 0.15) is 0 Å². The number of benzene rings is 2. The summed E-state index contributed by atoms with van der Waals surface area (Å²) in [7, 11) is 0. The van der Waals surface area contributed by atoms with E-state index in [1.807, 2.05) is 29.2 Å². The number of likely N-dealkylation sites (tertiary alicyclic amines) is 1. The summed E-state index contributed by atoms with van der Waals surface area (Å²) in [6, 6.07) is 13.8. The van der Waals surface area contributed by atoms with Crippen molar-refractivity contribution in [3.8, 4) is 0 Å². The lowest BCUT2D eigenvalue weighted by Gasteiger charge is -2.40. The first-order chi connectivity index (χ1) is 14.8. The fourth-order valence-electron chi connectivity index (χ4n) is 4.32. The minimum Gasteiger partial charge on any atom is -0.385 e. The first-order valence-corrected chi connectivity index (χ1v) is 11.0. The van der Waals surface area contributed by atoms with E-state index in [-0.39, 0.29) is 24.1 Å². The van der Waals surface area contributed by atoms with Crippen molar-refractivity contribution in [3.05, 3.63) is 58.6 Å². The lowest BCUT2D eigenvalue weighted by Crippen LogP contribution is -2.49. The molecule has 0 bridgehead atoms. The molecule has 8 heteroatoms. The van der Waals surface area contributed by atoms with E-state index in [0.29, 0.717) is 37.3 Å². The molecule has 2 aromatic rings. The van der Waals surface area contributed by atoms with Crippen LogP contribution in [0.3, 0.4) is 0 Å². The Bertz CT molecular complexity index is 998. The zero-order valence-electron chi connectivity index (χ0n) is 17.2. The van der Waals surface area contributed by atoms with Gasteiger partial charge in [0.25, 0.3) is 5.91 Å². The number of piperidine rings is 1. The number of halogens is 1. The van der Waals surface area contributed by atoms with E-state index in [4.69, 9.17) is 0 Å². The van der Waals surface area contributed by atoms with Crippen LogP contribution in [0.25, 0.3) is 0 Å². The number of amides is 3. The van der Waals surface area contributed by atoms with Gasteiger partial charge in [-0.05, 0) is 54.8 Å². The molecule has 2 heterocycles. The van der Waals surface area contributed by atoms with Crippen molar-refractivity contribution in [3.63, 3.8) is 0 Å². The number of aliphatic hydroxyl groups is 1. The Morgan fingerprint density at radius 2 is 1.68 bits per heavy atom. The molecule has 1 atom stereocenters. The van der Waals surface area contributed by atoms with Gasteiger partial charge in [-0.2, -0.15) is 0 Å². The van der Waals surface area contributed by atoms with Gasteiger partial charge in [-0.3, -0.25) is 19.3 Å². The van der Waals surface area contributed by atoms with Gasteiger partial charge < -0.3 is 10.4 Å². The lowest BCUT2D eigenvalue weighted by molar-refractivity contribution is -0.124. The van der Waals surface area contributed by atoms with Crippen LogP contribution in [-0.2, 0) is 20.0 Å². The van der Waals surface area contributed by atoms with Crippen LogP contribution < -0.4 is 10.2 Å². The summed E-state index contributed by atoms with van der Waals surface area (Å²) in [4.78, 5) is 40.1. The number of nitrogens with zero attached hydrogens (tertiary/aromatic N) is 2. The predicted molar refractivity (Wildman–Crippen MR) is 120 cm³/mol. The second kappa shape index (κ2) is 8.53. The van der Waals surface area contributed by atoms with Gasteiger partial charge >= 0.3 is 0 Å². The van der Waals surface area contributed by atoms with Crippen molar-refractivity contribution >= 4 is 45.0 Å². The third kappa shape index (κ3) is 4.42. The largest absolute Gasteiger partial charge is 0.385 e. The maximum absolute atomic E-state index is 13.1. The van der Waals surface area contributed by atoms with Gasteiger partial charge in [-0.1, -0.05) is 28.1 Å². The molecular weight excluding hydrogens is 462 g/mol. The molecule has 0 saturated carbocycles. The summed E-state index contributed by atoms with van der Waals surface area (Å²) in [5.74, 6) is -0.670. The number of hydrogen-bond acceptors (Lipinski definition) is 5. The van der Waals surface area contributed by atoms with E-state index in [1.165, 1.54) is 11.8 Å². The molecule has 162 valence electrons. The molecule has 0 spiro atoms. The average molecular weight is 486 g/mol. The van der Waals surface area contributed by atoms with Crippen LogP contribution in [0, 0.1) is 0 Å². The van der Waals surface area contributed by atoms with Crippen LogP contribution in [0.5, 0.6) is 0 Å². The molecule has 2 saturated heterocycles. The van der Waals surface area contributed by atoms with E-state index >= 15 is 0 Å². The molecule has 3 amide bonds. The Kier molecular flexibility index (Phi) is 5.96. The third-order valence-corrected chi connectivity index (χ3v) is 6.54. The molecular formula is C23H24BrN3O4. The van der Waals surface area contributed by atoms with Crippen LogP contribution in [0.4, 0.5) is 11.4 Å². The molecule has 2 fully saturated rings. The number of anilines is 2. The molecule has 2 aromatic carbocycles. The van der Waals surface area contributed by atoms with Gasteiger partial charge in [0.15, 0.2) is 0 Å². The van der Waals surface area contributed by atoms with Crippen molar-refractivity contribution in [1.29, 1.82) is 0 Å². The number of nitrogens with one attached hydrogen (secondary N) is 1. The van der Waals surface area contributed by atoms with Gasteiger partial charge in [0.2, 0.25) is 11.8 Å². The number of carbonyl (C=O) groups excluding carboxylic acids is 3. The second-order valence-corrected chi connectivity index (χ2v) is 9.01.